The van der Waals surface area contributed by atoms with Crippen molar-refractivity contribution in [2.75, 3.05) is 13.2 Å². The van der Waals surface area contributed by atoms with Crippen LogP contribution < -0.4 is 5.32 Å². The van der Waals surface area contributed by atoms with Gasteiger partial charge in [0.15, 0.2) is 0 Å². The van der Waals surface area contributed by atoms with Gasteiger partial charge in [-0.2, -0.15) is 0 Å². The van der Waals surface area contributed by atoms with E-state index in [-0.39, 0.29) is 5.54 Å². The van der Waals surface area contributed by atoms with Crippen LogP contribution in [0.1, 0.15) is 40.0 Å². The molecule has 0 aromatic heterocycles. The Labute approximate surface area is 75.7 Å². The van der Waals surface area contributed by atoms with Gasteiger partial charge in [-0.05, 0) is 19.3 Å². The molecule has 0 amide bonds. The smallest absolute Gasteiger partial charge is 0.0770 e. The molecule has 1 rings (SSSR count). The first kappa shape index (κ1) is 10.0. The Kier molecular flexibility index (Phi) is 3.53. The van der Waals surface area contributed by atoms with Crippen LogP contribution in [0.2, 0.25) is 0 Å². The van der Waals surface area contributed by atoms with Crippen molar-refractivity contribution < 1.29 is 4.74 Å². The summed E-state index contributed by atoms with van der Waals surface area (Å²) < 4.78 is 5.73. The molecule has 0 spiro atoms. The fourth-order valence-electron chi connectivity index (χ4n) is 2.15. The van der Waals surface area contributed by atoms with E-state index < -0.39 is 0 Å². The number of hydrogen-bond donors (Lipinski definition) is 0. The SMILES string of the molecule is CCC1OCC[N]C1(CC)CC. The quantitative estimate of drug-likeness (QED) is 0.635. The van der Waals surface area contributed by atoms with E-state index >= 15 is 0 Å². The second kappa shape index (κ2) is 4.24. The third-order valence-electron chi connectivity index (χ3n) is 3.03. The molecule has 1 unspecified atom stereocenters. The van der Waals surface area contributed by atoms with Crippen LogP contribution in [-0.4, -0.2) is 24.8 Å². The minimum Gasteiger partial charge on any atom is -0.375 e. The summed E-state index contributed by atoms with van der Waals surface area (Å²) >= 11 is 0. The van der Waals surface area contributed by atoms with E-state index in [1.807, 2.05) is 0 Å². The third-order valence-corrected chi connectivity index (χ3v) is 3.03. The first-order valence-corrected chi connectivity index (χ1v) is 5.09. The van der Waals surface area contributed by atoms with E-state index in [4.69, 9.17) is 10.1 Å². The number of hydrogen-bond acceptors (Lipinski definition) is 1. The highest BCUT2D eigenvalue weighted by Gasteiger charge is 2.38. The largest absolute Gasteiger partial charge is 0.375 e. The van der Waals surface area contributed by atoms with E-state index in [2.05, 4.69) is 20.8 Å². The maximum atomic E-state index is 5.73. The molecule has 71 valence electrons. The molecule has 1 fully saturated rings. The predicted octanol–water partition coefficient (Wildman–Crippen LogP) is 1.96. The van der Waals surface area contributed by atoms with E-state index in [1.54, 1.807) is 0 Å². The van der Waals surface area contributed by atoms with E-state index in [9.17, 15) is 0 Å². The lowest BCUT2D eigenvalue weighted by Crippen LogP contribution is -2.55. The monoisotopic (exact) mass is 170 g/mol. The van der Waals surface area contributed by atoms with Crippen molar-refractivity contribution in [3.63, 3.8) is 0 Å². The Bertz CT molecular complexity index is 132. The molecule has 1 saturated heterocycles. The summed E-state index contributed by atoms with van der Waals surface area (Å²) in [4.78, 5) is 0. The van der Waals surface area contributed by atoms with Crippen molar-refractivity contribution in [1.82, 2.24) is 5.32 Å². The first-order valence-electron chi connectivity index (χ1n) is 5.09. The van der Waals surface area contributed by atoms with Gasteiger partial charge in [-0.1, -0.05) is 20.8 Å². The predicted molar refractivity (Wildman–Crippen MR) is 50.3 cm³/mol. The summed E-state index contributed by atoms with van der Waals surface area (Å²) in [6.07, 6.45) is 3.68. The molecule has 1 aliphatic heterocycles. The highest BCUT2D eigenvalue weighted by molar-refractivity contribution is 4.94. The third kappa shape index (κ3) is 1.64. The van der Waals surface area contributed by atoms with Gasteiger partial charge < -0.3 is 4.74 Å². The lowest BCUT2D eigenvalue weighted by atomic mass is 9.84. The van der Waals surface area contributed by atoms with Crippen LogP contribution in [0.15, 0.2) is 0 Å². The fraction of sp³-hybridized carbons (Fsp3) is 1.00. The van der Waals surface area contributed by atoms with Crippen LogP contribution >= 0.6 is 0 Å². The highest BCUT2D eigenvalue weighted by Crippen LogP contribution is 2.28. The normalized spacial score (nSPS) is 28.8. The van der Waals surface area contributed by atoms with Crippen molar-refractivity contribution in [3.8, 4) is 0 Å². The molecule has 0 aliphatic carbocycles. The van der Waals surface area contributed by atoms with E-state index in [0.717, 1.165) is 32.4 Å². The Morgan fingerprint density at radius 3 is 2.42 bits per heavy atom. The molecule has 0 aromatic carbocycles. The molecule has 12 heavy (non-hydrogen) atoms. The second-order valence-corrected chi connectivity index (χ2v) is 3.46. The Morgan fingerprint density at radius 2 is 2.00 bits per heavy atom. The molecule has 0 aromatic rings. The van der Waals surface area contributed by atoms with E-state index in [0.29, 0.717) is 6.10 Å². The van der Waals surface area contributed by atoms with Crippen LogP contribution in [0.5, 0.6) is 0 Å². The summed E-state index contributed by atoms with van der Waals surface area (Å²) in [5.74, 6) is 0. The molecule has 1 heterocycles. The van der Waals surface area contributed by atoms with Crippen LogP contribution in [0, 0.1) is 0 Å². The molecule has 0 saturated carbocycles. The second-order valence-electron chi connectivity index (χ2n) is 3.46. The fourth-order valence-corrected chi connectivity index (χ4v) is 2.15. The zero-order valence-corrected chi connectivity index (χ0v) is 8.47. The number of ether oxygens (including phenoxy) is 1. The van der Waals surface area contributed by atoms with Gasteiger partial charge in [-0.15, -0.1) is 0 Å². The molecular weight excluding hydrogens is 150 g/mol. The van der Waals surface area contributed by atoms with Gasteiger partial charge in [0.25, 0.3) is 0 Å². The first-order chi connectivity index (χ1) is 5.79. The van der Waals surface area contributed by atoms with Crippen LogP contribution in [0.4, 0.5) is 0 Å². The van der Waals surface area contributed by atoms with Crippen molar-refractivity contribution >= 4 is 0 Å². The van der Waals surface area contributed by atoms with E-state index in [1.165, 1.54) is 0 Å². The standard InChI is InChI=1S/C10H20NO/c1-4-9-10(5-2,6-3)11-7-8-12-9/h9H,4-8H2,1-3H3. The van der Waals surface area contributed by atoms with Crippen LogP contribution in [0.25, 0.3) is 0 Å². The van der Waals surface area contributed by atoms with Crippen molar-refractivity contribution in [3.05, 3.63) is 0 Å². The van der Waals surface area contributed by atoms with Crippen molar-refractivity contribution in [2.24, 2.45) is 0 Å². The highest BCUT2D eigenvalue weighted by atomic mass is 16.5. The Morgan fingerprint density at radius 1 is 1.33 bits per heavy atom. The van der Waals surface area contributed by atoms with Gasteiger partial charge in [0, 0.05) is 6.54 Å². The molecule has 1 atom stereocenters. The number of morpholine rings is 1. The summed E-state index contributed by atoms with van der Waals surface area (Å²) in [6.45, 7) is 8.32. The molecule has 0 N–H and O–H groups in total. The molecule has 1 aliphatic rings. The van der Waals surface area contributed by atoms with Gasteiger partial charge >= 0.3 is 0 Å². The average molecular weight is 170 g/mol. The van der Waals surface area contributed by atoms with Crippen molar-refractivity contribution in [1.29, 1.82) is 0 Å². The summed E-state index contributed by atoms with van der Waals surface area (Å²) in [5, 5.41) is 4.73. The van der Waals surface area contributed by atoms with Gasteiger partial charge in [-0.25, -0.2) is 5.32 Å². The average Bonchev–Trinajstić information content (AvgIpc) is 2.17. The Balaban J connectivity index is 2.66. The maximum absolute atomic E-state index is 5.73. The van der Waals surface area contributed by atoms with Gasteiger partial charge in [0.05, 0.1) is 18.2 Å². The van der Waals surface area contributed by atoms with Crippen LogP contribution in [0.3, 0.4) is 0 Å². The number of rotatable bonds is 3. The summed E-state index contributed by atoms with van der Waals surface area (Å²) in [7, 11) is 0. The molecular formula is C10H20NO. The lowest BCUT2D eigenvalue weighted by Gasteiger charge is -2.42. The topological polar surface area (TPSA) is 23.3 Å². The zero-order chi connectivity index (χ0) is 9.03. The maximum Gasteiger partial charge on any atom is 0.0770 e. The molecule has 2 heteroatoms. The molecule has 1 radical (unpaired) electrons. The minimum atomic E-state index is 0.132. The van der Waals surface area contributed by atoms with Crippen molar-refractivity contribution in [2.45, 2.75) is 51.7 Å². The van der Waals surface area contributed by atoms with Gasteiger partial charge in [0.1, 0.15) is 0 Å². The lowest BCUT2D eigenvalue weighted by molar-refractivity contribution is -0.0579. The van der Waals surface area contributed by atoms with Crippen LogP contribution in [-0.2, 0) is 4.74 Å². The summed E-state index contributed by atoms with van der Waals surface area (Å²) in [6, 6.07) is 0. The number of nitrogens with zero attached hydrogens (tertiary/aromatic N) is 1. The molecule has 2 nitrogen and oxygen atoms in total. The summed E-state index contributed by atoms with van der Waals surface area (Å²) in [5.41, 5.74) is 0.132. The minimum absolute atomic E-state index is 0.132. The Hall–Kier alpha value is -0.0800. The van der Waals surface area contributed by atoms with Gasteiger partial charge in [0.2, 0.25) is 0 Å². The zero-order valence-electron chi connectivity index (χ0n) is 8.47. The van der Waals surface area contributed by atoms with Gasteiger partial charge in [-0.3, -0.25) is 0 Å². The molecule has 0 bridgehead atoms.